The van der Waals surface area contributed by atoms with E-state index in [4.69, 9.17) is 37.2 Å². The quantitative estimate of drug-likeness (QED) is 0.226. The largest absolute Gasteiger partial charge is 0.543 e. The Kier molecular flexibility index (Phi) is 6.35. The van der Waals surface area contributed by atoms with Gasteiger partial charge in [-0.05, 0) is 60.0 Å². The standard InChI is InChI=1S/C28H19Cl2N3O5/c29-21-2-1-3-22(30)25(21)26-20(27(38-33-26)15-4-5-15)14-36-18-8-6-17-11-19(9-7-16(17)10-18)37-24-13-31-23(12-32-24)28(34)35/h1-3,6-13,15H,4-5,14H2,(H,34,35)/p-1. The Labute approximate surface area is 226 Å². The van der Waals surface area contributed by atoms with Crippen molar-refractivity contribution < 1.29 is 23.9 Å². The summed E-state index contributed by atoms with van der Waals surface area (Å²) in [6.45, 7) is 0.249. The number of carbonyl (C=O) groups excluding carboxylic acids is 1. The van der Waals surface area contributed by atoms with E-state index in [-0.39, 0.29) is 18.2 Å². The Morgan fingerprint density at radius 1 is 0.974 bits per heavy atom. The fourth-order valence-corrected chi connectivity index (χ4v) is 4.73. The lowest BCUT2D eigenvalue weighted by molar-refractivity contribution is -0.255. The second-order valence-corrected chi connectivity index (χ2v) is 9.65. The van der Waals surface area contributed by atoms with E-state index in [1.165, 1.54) is 6.20 Å². The molecule has 0 N–H and O–H groups in total. The van der Waals surface area contributed by atoms with E-state index in [1.54, 1.807) is 24.3 Å². The molecule has 0 unspecified atom stereocenters. The predicted molar refractivity (Wildman–Crippen MR) is 139 cm³/mol. The van der Waals surface area contributed by atoms with Gasteiger partial charge >= 0.3 is 0 Å². The molecule has 3 aromatic carbocycles. The second kappa shape index (κ2) is 9.96. The molecule has 0 aliphatic heterocycles. The number of hydrogen-bond acceptors (Lipinski definition) is 8. The minimum atomic E-state index is -1.40. The molecule has 38 heavy (non-hydrogen) atoms. The molecule has 6 rings (SSSR count). The zero-order chi connectivity index (χ0) is 26.2. The van der Waals surface area contributed by atoms with Gasteiger partial charge in [-0.2, -0.15) is 0 Å². The van der Waals surface area contributed by atoms with Crippen molar-refractivity contribution in [3.05, 3.63) is 94.1 Å². The zero-order valence-corrected chi connectivity index (χ0v) is 21.2. The van der Waals surface area contributed by atoms with Crippen LogP contribution in [0.25, 0.3) is 22.0 Å². The molecule has 1 aliphatic rings. The van der Waals surface area contributed by atoms with Gasteiger partial charge in [0.15, 0.2) is 0 Å². The summed E-state index contributed by atoms with van der Waals surface area (Å²) in [5.74, 6) is 1.12. The average Bonchev–Trinajstić information content (AvgIpc) is 3.68. The smallest absolute Gasteiger partial charge is 0.237 e. The maximum absolute atomic E-state index is 10.8. The summed E-state index contributed by atoms with van der Waals surface area (Å²) >= 11 is 12.9. The number of ether oxygens (including phenoxy) is 2. The Morgan fingerprint density at radius 3 is 2.34 bits per heavy atom. The van der Waals surface area contributed by atoms with Crippen molar-refractivity contribution >= 4 is 39.9 Å². The third-order valence-electron chi connectivity index (χ3n) is 6.19. The SMILES string of the molecule is O=C([O-])c1cnc(Oc2ccc3cc(OCc4c(-c5c(Cl)cccc5Cl)noc4C4CC4)ccc3c2)cn1. The summed E-state index contributed by atoms with van der Waals surface area (Å²) in [5, 5.41) is 18.0. The third-order valence-corrected chi connectivity index (χ3v) is 6.82. The number of rotatable bonds is 8. The van der Waals surface area contributed by atoms with Crippen LogP contribution in [0.3, 0.4) is 0 Å². The van der Waals surface area contributed by atoms with Crippen molar-refractivity contribution in [3.63, 3.8) is 0 Å². The van der Waals surface area contributed by atoms with E-state index < -0.39 is 5.97 Å². The van der Waals surface area contributed by atoms with Gasteiger partial charge < -0.3 is 23.9 Å². The number of aromatic nitrogens is 3. The Bertz CT molecular complexity index is 1650. The first-order valence-electron chi connectivity index (χ1n) is 11.8. The van der Waals surface area contributed by atoms with E-state index >= 15 is 0 Å². The minimum absolute atomic E-state index is 0.170. The van der Waals surface area contributed by atoms with Gasteiger partial charge in [-0.3, -0.25) is 0 Å². The van der Waals surface area contributed by atoms with Gasteiger partial charge in [-0.1, -0.05) is 46.6 Å². The molecule has 5 aromatic rings. The normalized spacial score (nSPS) is 13.0. The highest BCUT2D eigenvalue weighted by Gasteiger charge is 2.33. The molecule has 8 nitrogen and oxygen atoms in total. The molecule has 10 heteroatoms. The maximum Gasteiger partial charge on any atom is 0.237 e. The molecule has 2 heterocycles. The van der Waals surface area contributed by atoms with Crippen molar-refractivity contribution in [2.24, 2.45) is 0 Å². The molecular weight excluding hydrogens is 529 g/mol. The highest BCUT2D eigenvalue weighted by Crippen LogP contribution is 2.46. The van der Waals surface area contributed by atoms with Crippen LogP contribution in [0.15, 0.2) is 71.5 Å². The number of benzene rings is 3. The summed E-state index contributed by atoms with van der Waals surface area (Å²) < 4.78 is 17.6. The number of carboxylic acid groups (broad SMARTS) is 1. The molecule has 1 saturated carbocycles. The van der Waals surface area contributed by atoms with E-state index in [2.05, 4.69) is 15.1 Å². The molecule has 1 fully saturated rings. The van der Waals surface area contributed by atoms with Crippen LogP contribution in [0, 0.1) is 0 Å². The first-order valence-corrected chi connectivity index (χ1v) is 12.5. The zero-order valence-electron chi connectivity index (χ0n) is 19.7. The highest BCUT2D eigenvalue weighted by atomic mass is 35.5. The lowest BCUT2D eigenvalue weighted by atomic mass is 10.0. The van der Waals surface area contributed by atoms with Crippen LogP contribution < -0.4 is 14.6 Å². The summed E-state index contributed by atoms with van der Waals surface area (Å²) in [4.78, 5) is 18.5. The molecule has 0 spiro atoms. The van der Waals surface area contributed by atoms with Gasteiger partial charge in [-0.25, -0.2) is 9.97 Å². The number of hydrogen-bond donors (Lipinski definition) is 0. The van der Waals surface area contributed by atoms with Gasteiger partial charge in [-0.15, -0.1) is 0 Å². The number of aromatic carboxylic acids is 1. The van der Waals surface area contributed by atoms with Crippen LogP contribution in [0.4, 0.5) is 0 Å². The molecule has 190 valence electrons. The molecule has 2 aromatic heterocycles. The minimum Gasteiger partial charge on any atom is -0.543 e. The summed E-state index contributed by atoms with van der Waals surface area (Å²) in [7, 11) is 0. The van der Waals surface area contributed by atoms with Crippen LogP contribution >= 0.6 is 23.2 Å². The Balaban J connectivity index is 1.22. The van der Waals surface area contributed by atoms with E-state index in [1.807, 2.05) is 30.3 Å². The summed E-state index contributed by atoms with van der Waals surface area (Å²) in [5.41, 5.74) is 1.81. The summed E-state index contributed by atoms with van der Waals surface area (Å²) in [6, 6.07) is 16.6. The number of fused-ring (bicyclic) bond motifs is 1. The maximum atomic E-state index is 10.8. The van der Waals surface area contributed by atoms with Crippen molar-refractivity contribution in [2.45, 2.75) is 25.4 Å². The van der Waals surface area contributed by atoms with Crippen molar-refractivity contribution in [1.29, 1.82) is 0 Å². The van der Waals surface area contributed by atoms with Crippen LogP contribution in [0.5, 0.6) is 17.4 Å². The van der Waals surface area contributed by atoms with Crippen molar-refractivity contribution in [3.8, 4) is 28.6 Å². The van der Waals surface area contributed by atoms with Crippen LogP contribution in [-0.2, 0) is 6.61 Å². The van der Waals surface area contributed by atoms with Gasteiger partial charge in [0.05, 0.1) is 34.0 Å². The van der Waals surface area contributed by atoms with Crippen LogP contribution in [0.2, 0.25) is 10.0 Å². The predicted octanol–water partition coefficient (Wildman–Crippen LogP) is 6.20. The lowest BCUT2D eigenvalue weighted by Gasteiger charge is -2.11. The number of halogens is 2. The molecule has 0 atom stereocenters. The topological polar surface area (TPSA) is 110 Å². The first kappa shape index (κ1) is 24.2. The molecular formula is C28H18Cl2N3O5-. The molecule has 0 saturated heterocycles. The molecule has 0 amide bonds. The van der Waals surface area contributed by atoms with E-state index in [0.717, 1.165) is 41.1 Å². The molecule has 1 aliphatic carbocycles. The second-order valence-electron chi connectivity index (χ2n) is 8.83. The number of carboxylic acids is 1. The monoisotopic (exact) mass is 546 g/mol. The van der Waals surface area contributed by atoms with Gasteiger partial charge in [0.1, 0.15) is 35.3 Å². The first-order chi connectivity index (χ1) is 18.5. The van der Waals surface area contributed by atoms with E-state index in [9.17, 15) is 9.90 Å². The van der Waals surface area contributed by atoms with E-state index in [0.29, 0.717) is 38.7 Å². The molecule has 0 bridgehead atoms. The third kappa shape index (κ3) is 4.88. The lowest BCUT2D eigenvalue weighted by Crippen LogP contribution is -2.23. The van der Waals surface area contributed by atoms with Gasteiger partial charge in [0.2, 0.25) is 5.88 Å². The average molecular weight is 547 g/mol. The fourth-order valence-electron chi connectivity index (χ4n) is 4.15. The van der Waals surface area contributed by atoms with Gasteiger partial charge in [0, 0.05) is 11.5 Å². The van der Waals surface area contributed by atoms with Crippen molar-refractivity contribution in [2.75, 3.05) is 0 Å². The highest BCUT2D eigenvalue weighted by molar-refractivity contribution is 6.39. The van der Waals surface area contributed by atoms with Gasteiger partial charge in [0.25, 0.3) is 0 Å². The molecule has 0 radical (unpaired) electrons. The summed E-state index contributed by atoms with van der Waals surface area (Å²) in [6.07, 6.45) is 4.41. The Morgan fingerprint density at radius 2 is 1.68 bits per heavy atom. The fraction of sp³-hybridized carbons (Fsp3) is 0.143. The van der Waals surface area contributed by atoms with Crippen LogP contribution in [-0.4, -0.2) is 21.1 Å². The number of nitrogens with zero attached hydrogens (tertiary/aromatic N) is 3. The van der Waals surface area contributed by atoms with Crippen LogP contribution in [0.1, 0.15) is 40.6 Å². The Hall–Kier alpha value is -4.14. The van der Waals surface area contributed by atoms with Crippen molar-refractivity contribution in [1.82, 2.24) is 15.1 Å². The number of carbonyl (C=O) groups is 1.